The lowest BCUT2D eigenvalue weighted by Gasteiger charge is -2.35. The van der Waals surface area contributed by atoms with Gasteiger partial charge in [-0.05, 0) is 32.2 Å². The summed E-state index contributed by atoms with van der Waals surface area (Å²) in [6.45, 7) is 5.06. The average Bonchev–Trinajstić information content (AvgIpc) is 2.42. The van der Waals surface area contributed by atoms with Crippen LogP contribution in [-0.4, -0.2) is 60.4 Å². The second-order valence-corrected chi connectivity index (χ2v) is 5.57. The fourth-order valence-electron chi connectivity index (χ4n) is 2.86. The number of piperidine rings is 1. The lowest BCUT2D eigenvalue weighted by Crippen LogP contribution is -2.54. The first-order valence-electron chi connectivity index (χ1n) is 7.49. The summed E-state index contributed by atoms with van der Waals surface area (Å²) in [7, 11) is 0. The number of nitrogens with zero attached hydrogens (tertiary/aromatic N) is 2. The van der Waals surface area contributed by atoms with Crippen molar-refractivity contribution in [1.82, 2.24) is 15.1 Å². The predicted molar refractivity (Wildman–Crippen MR) is 73.7 cm³/mol. The van der Waals surface area contributed by atoms with Gasteiger partial charge < -0.3 is 15.1 Å². The van der Waals surface area contributed by atoms with E-state index in [1.54, 1.807) is 9.80 Å². The Labute approximate surface area is 115 Å². The topological polar surface area (TPSA) is 52.7 Å². The van der Waals surface area contributed by atoms with E-state index in [1.165, 1.54) is 19.3 Å². The largest absolute Gasteiger partial charge is 0.332 e. The molecule has 2 fully saturated rings. The Morgan fingerprint density at radius 1 is 1.11 bits per heavy atom. The first-order chi connectivity index (χ1) is 9.20. The van der Waals surface area contributed by atoms with Crippen LogP contribution in [-0.2, 0) is 9.59 Å². The van der Waals surface area contributed by atoms with E-state index < -0.39 is 0 Å². The third-order valence-electron chi connectivity index (χ3n) is 4.01. The highest BCUT2D eigenvalue weighted by molar-refractivity contribution is 5.92. The smallest absolute Gasteiger partial charge is 0.242 e. The van der Waals surface area contributed by atoms with E-state index in [4.69, 9.17) is 0 Å². The van der Waals surface area contributed by atoms with E-state index in [2.05, 4.69) is 5.32 Å². The van der Waals surface area contributed by atoms with E-state index in [9.17, 15) is 9.59 Å². The maximum absolute atomic E-state index is 12.0. The van der Waals surface area contributed by atoms with Crippen LogP contribution in [0.4, 0.5) is 0 Å². The van der Waals surface area contributed by atoms with Gasteiger partial charge in [-0.1, -0.05) is 13.3 Å². The minimum atomic E-state index is 0.0954. The number of amides is 2. The van der Waals surface area contributed by atoms with Gasteiger partial charge in [0.1, 0.15) is 0 Å². The molecule has 0 spiro atoms. The van der Waals surface area contributed by atoms with Crippen LogP contribution in [0.1, 0.15) is 39.0 Å². The summed E-state index contributed by atoms with van der Waals surface area (Å²) in [5, 5.41) is 3.48. The molecule has 0 aromatic rings. The summed E-state index contributed by atoms with van der Waals surface area (Å²) in [6.07, 6.45) is 5.59. The fourth-order valence-corrected chi connectivity index (χ4v) is 2.86. The van der Waals surface area contributed by atoms with Crippen LogP contribution in [0.2, 0.25) is 0 Å². The molecule has 2 amide bonds. The molecule has 2 saturated heterocycles. The van der Waals surface area contributed by atoms with Crippen molar-refractivity contribution in [2.75, 3.05) is 32.7 Å². The lowest BCUT2D eigenvalue weighted by atomic mass is 10.0. The Morgan fingerprint density at radius 2 is 1.79 bits per heavy atom. The number of carbonyl (C=O) groups excluding carboxylic acids is 2. The van der Waals surface area contributed by atoms with Gasteiger partial charge in [0.25, 0.3) is 0 Å². The van der Waals surface area contributed by atoms with E-state index in [1.807, 2.05) is 6.92 Å². The first-order valence-corrected chi connectivity index (χ1v) is 7.49. The van der Waals surface area contributed by atoms with Crippen molar-refractivity contribution in [1.29, 1.82) is 0 Å². The summed E-state index contributed by atoms with van der Waals surface area (Å²) in [5.74, 6) is 0.196. The molecule has 0 aliphatic carbocycles. The highest BCUT2D eigenvalue weighted by atomic mass is 16.2. The zero-order valence-corrected chi connectivity index (χ0v) is 11.9. The number of hydrogen-bond acceptors (Lipinski definition) is 3. The highest BCUT2D eigenvalue weighted by Crippen LogP contribution is 2.12. The standard InChI is InChI=1S/C14H25N3O2/c1-2-8-16-10-14(19)17(11-13(16)18)9-6-12-5-3-4-7-15-12/h12,15H,2-11H2,1H3. The van der Waals surface area contributed by atoms with E-state index in [0.29, 0.717) is 19.1 Å². The molecule has 1 atom stereocenters. The van der Waals surface area contributed by atoms with Crippen LogP contribution in [0.15, 0.2) is 0 Å². The molecule has 2 rings (SSSR count). The predicted octanol–water partition coefficient (Wildman–Crippen LogP) is 0.599. The van der Waals surface area contributed by atoms with Crippen LogP contribution >= 0.6 is 0 Å². The van der Waals surface area contributed by atoms with Gasteiger partial charge in [0.15, 0.2) is 0 Å². The van der Waals surface area contributed by atoms with E-state index in [0.717, 1.165) is 19.4 Å². The van der Waals surface area contributed by atoms with Crippen LogP contribution in [0.3, 0.4) is 0 Å². The van der Waals surface area contributed by atoms with Crippen LogP contribution in [0.5, 0.6) is 0 Å². The maximum Gasteiger partial charge on any atom is 0.242 e. The summed E-state index contributed by atoms with van der Waals surface area (Å²) in [5.41, 5.74) is 0. The van der Waals surface area contributed by atoms with Crippen LogP contribution in [0.25, 0.3) is 0 Å². The molecule has 5 nitrogen and oxygen atoms in total. The van der Waals surface area contributed by atoms with Gasteiger partial charge in [0, 0.05) is 19.1 Å². The Balaban J connectivity index is 1.77. The van der Waals surface area contributed by atoms with Crippen molar-refractivity contribution >= 4 is 11.8 Å². The Kier molecular flexibility index (Phi) is 5.19. The molecular formula is C14H25N3O2. The molecule has 5 heteroatoms. The summed E-state index contributed by atoms with van der Waals surface area (Å²) in [6, 6.07) is 0.519. The van der Waals surface area contributed by atoms with Gasteiger partial charge in [-0.25, -0.2) is 0 Å². The molecule has 2 heterocycles. The molecule has 0 radical (unpaired) electrons. The minimum absolute atomic E-state index is 0.0954. The van der Waals surface area contributed by atoms with Crippen molar-refractivity contribution in [3.63, 3.8) is 0 Å². The van der Waals surface area contributed by atoms with Gasteiger partial charge in [-0.15, -0.1) is 0 Å². The van der Waals surface area contributed by atoms with Crippen molar-refractivity contribution in [2.24, 2.45) is 0 Å². The second kappa shape index (κ2) is 6.89. The van der Waals surface area contributed by atoms with Crippen LogP contribution in [0, 0.1) is 0 Å². The molecular weight excluding hydrogens is 242 g/mol. The summed E-state index contributed by atoms with van der Waals surface area (Å²) >= 11 is 0. The fraction of sp³-hybridized carbons (Fsp3) is 0.857. The molecule has 108 valence electrons. The SMILES string of the molecule is CCCN1CC(=O)N(CCC2CCCCN2)CC1=O. The molecule has 2 aliphatic heterocycles. The number of piperazine rings is 1. The monoisotopic (exact) mass is 267 g/mol. The zero-order valence-electron chi connectivity index (χ0n) is 11.9. The van der Waals surface area contributed by atoms with Gasteiger partial charge in [0.05, 0.1) is 13.1 Å². The van der Waals surface area contributed by atoms with Gasteiger partial charge in [-0.2, -0.15) is 0 Å². The molecule has 1 unspecified atom stereocenters. The third kappa shape index (κ3) is 3.93. The van der Waals surface area contributed by atoms with Crippen molar-refractivity contribution in [3.05, 3.63) is 0 Å². The minimum Gasteiger partial charge on any atom is -0.332 e. The third-order valence-corrected chi connectivity index (χ3v) is 4.01. The summed E-state index contributed by atoms with van der Waals surface area (Å²) in [4.78, 5) is 27.3. The van der Waals surface area contributed by atoms with Crippen LogP contribution < -0.4 is 5.32 Å². The number of rotatable bonds is 5. The Hall–Kier alpha value is -1.10. The number of carbonyl (C=O) groups is 2. The number of hydrogen-bond donors (Lipinski definition) is 1. The average molecular weight is 267 g/mol. The quantitative estimate of drug-likeness (QED) is 0.793. The van der Waals surface area contributed by atoms with Gasteiger partial charge in [-0.3, -0.25) is 9.59 Å². The van der Waals surface area contributed by atoms with Crippen molar-refractivity contribution in [3.8, 4) is 0 Å². The molecule has 0 saturated carbocycles. The molecule has 2 aliphatic rings. The molecule has 0 aromatic carbocycles. The van der Waals surface area contributed by atoms with Gasteiger partial charge in [0.2, 0.25) is 11.8 Å². The Bertz CT molecular complexity index is 327. The maximum atomic E-state index is 12.0. The van der Waals surface area contributed by atoms with Gasteiger partial charge >= 0.3 is 0 Å². The summed E-state index contributed by atoms with van der Waals surface area (Å²) < 4.78 is 0. The highest BCUT2D eigenvalue weighted by Gasteiger charge is 2.29. The lowest BCUT2D eigenvalue weighted by molar-refractivity contribution is -0.150. The molecule has 1 N–H and O–H groups in total. The van der Waals surface area contributed by atoms with Crippen molar-refractivity contribution < 1.29 is 9.59 Å². The molecule has 0 bridgehead atoms. The number of nitrogens with one attached hydrogen (secondary N) is 1. The molecule has 0 aromatic heterocycles. The zero-order chi connectivity index (χ0) is 13.7. The first kappa shape index (κ1) is 14.3. The normalized spacial score (nSPS) is 25.0. The van der Waals surface area contributed by atoms with Crippen molar-refractivity contribution in [2.45, 2.75) is 45.1 Å². The second-order valence-electron chi connectivity index (χ2n) is 5.57. The molecule has 19 heavy (non-hydrogen) atoms. The van der Waals surface area contributed by atoms with E-state index >= 15 is 0 Å². The Morgan fingerprint density at radius 3 is 2.37 bits per heavy atom. The van der Waals surface area contributed by atoms with E-state index in [-0.39, 0.29) is 24.9 Å².